The van der Waals surface area contributed by atoms with Crippen molar-refractivity contribution >= 4 is 5.97 Å². The van der Waals surface area contributed by atoms with E-state index in [9.17, 15) is 9.18 Å². The lowest BCUT2D eigenvalue weighted by Gasteiger charge is -1.98. The first-order valence-corrected chi connectivity index (χ1v) is 4.64. The van der Waals surface area contributed by atoms with E-state index in [4.69, 9.17) is 5.11 Å². The van der Waals surface area contributed by atoms with E-state index in [1.165, 1.54) is 12.1 Å². The fourth-order valence-electron chi connectivity index (χ4n) is 1.84. The van der Waals surface area contributed by atoms with Gasteiger partial charge in [0.2, 0.25) is 0 Å². The largest absolute Gasteiger partial charge is 0.481 e. The van der Waals surface area contributed by atoms with E-state index in [2.05, 4.69) is 0 Å². The predicted octanol–water partition coefficient (Wildman–Crippen LogP) is 2.40. The molecule has 1 aromatic rings. The Morgan fingerprint density at radius 3 is 3.00 bits per heavy atom. The number of rotatable bonds is 3. The molecule has 1 aliphatic rings. The van der Waals surface area contributed by atoms with Crippen LogP contribution in [0.3, 0.4) is 0 Å². The minimum absolute atomic E-state index is 0.196. The topological polar surface area (TPSA) is 37.3 Å². The van der Waals surface area contributed by atoms with E-state index in [0.29, 0.717) is 0 Å². The fraction of sp³-hybridized carbons (Fsp3) is 0.364. The monoisotopic (exact) mass is 194 g/mol. The Morgan fingerprint density at radius 2 is 2.36 bits per heavy atom. The minimum atomic E-state index is -0.770. The summed E-state index contributed by atoms with van der Waals surface area (Å²) in [4.78, 5) is 10.4. The lowest BCUT2D eigenvalue weighted by atomic mass is 10.1. The van der Waals surface area contributed by atoms with Crippen molar-refractivity contribution in [2.75, 3.05) is 0 Å². The van der Waals surface area contributed by atoms with Gasteiger partial charge in [0.1, 0.15) is 5.82 Å². The van der Waals surface area contributed by atoms with E-state index in [1.807, 2.05) is 6.07 Å². The quantitative estimate of drug-likeness (QED) is 0.802. The van der Waals surface area contributed by atoms with Gasteiger partial charge in [0.15, 0.2) is 0 Å². The summed E-state index contributed by atoms with van der Waals surface area (Å²) in [5, 5.41) is 8.57. The molecule has 1 fully saturated rings. The zero-order valence-electron chi connectivity index (χ0n) is 7.61. The number of carbonyl (C=O) groups is 1. The molecule has 0 heterocycles. The molecule has 1 saturated carbocycles. The standard InChI is InChI=1S/C11H11FO2/c12-9-3-1-2-7(4-9)10-5-8(10)6-11(13)14/h1-4,8,10H,5-6H2,(H,13,14). The van der Waals surface area contributed by atoms with E-state index < -0.39 is 5.97 Å². The van der Waals surface area contributed by atoms with Crippen molar-refractivity contribution in [2.45, 2.75) is 18.8 Å². The molecule has 1 N–H and O–H groups in total. The number of benzene rings is 1. The Labute approximate surface area is 81.4 Å². The van der Waals surface area contributed by atoms with Gasteiger partial charge in [-0.05, 0) is 36.0 Å². The van der Waals surface area contributed by atoms with Gasteiger partial charge in [0.25, 0.3) is 0 Å². The van der Waals surface area contributed by atoms with Crippen molar-refractivity contribution in [1.82, 2.24) is 0 Å². The average Bonchev–Trinajstić information content (AvgIpc) is 2.82. The molecule has 14 heavy (non-hydrogen) atoms. The van der Waals surface area contributed by atoms with E-state index in [1.54, 1.807) is 6.07 Å². The van der Waals surface area contributed by atoms with E-state index >= 15 is 0 Å². The predicted molar refractivity (Wildman–Crippen MR) is 49.5 cm³/mol. The molecule has 1 aromatic carbocycles. The normalized spacial score (nSPS) is 24.6. The van der Waals surface area contributed by atoms with Crippen molar-refractivity contribution in [3.8, 4) is 0 Å². The molecule has 0 aromatic heterocycles. The third kappa shape index (κ3) is 1.92. The number of aliphatic carboxylic acids is 1. The molecule has 0 aliphatic heterocycles. The maximum absolute atomic E-state index is 12.8. The maximum Gasteiger partial charge on any atom is 0.303 e. The highest BCUT2D eigenvalue weighted by atomic mass is 19.1. The third-order valence-electron chi connectivity index (χ3n) is 2.64. The number of hydrogen-bond acceptors (Lipinski definition) is 1. The number of halogens is 1. The second kappa shape index (κ2) is 3.40. The molecule has 0 amide bonds. The summed E-state index contributed by atoms with van der Waals surface area (Å²) in [6, 6.07) is 6.42. The highest BCUT2D eigenvalue weighted by molar-refractivity contribution is 5.67. The van der Waals surface area contributed by atoms with Crippen LogP contribution >= 0.6 is 0 Å². The minimum Gasteiger partial charge on any atom is -0.481 e. The second-order valence-corrected chi connectivity index (χ2v) is 3.76. The van der Waals surface area contributed by atoms with Gasteiger partial charge in [-0.15, -0.1) is 0 Å². The number of carboxylic acid groups (broad SMARTS) is 1. The van der Waals surface area contributed by atoms with Crippen LogP contribution in [0.5, 0.6) is 0 Å². The van der Waals surface area contributed by atoms with Gasteiger partial charge in [0.05, 0.1) is 0 Å². The molecular formula is C11H11FO2. The van der Waals surface area contributed by atoms with Crippen molar-refractivity contribution in [1.29, 1.82) is 0 Å². The zero-order chi connectivity index (χ0) is 10.1. The molecule has 2 unspecified atom stereocenters. The van der Waals surface area contributed by atoms with Crippen LogP contribution < -0.4 is 0 Å². The maximum atomic E-state index is 12.8. The van der Waals surface area contributed by atoms with E-state index in [-0.39, 0.29) is 24.1 Å². The Balaban J connectivity index is 2.02. The van der Waals surface area contributed by atoms with Gasteiger partial charge in [-0.3, -0.25) is 4.79 Å². The fourth-order valence-corrected chi connectivity index (χ4v) is 1.84. The lowest BCUT2D eigenvalue weighted by molar-refractivity contribution is -0.137. The van der Waals surface area contributed by atoms with Crippen LogP contribution in [-0.2, 0) is 4.79 Å². The smallest absolute Gasteiger partial charge is 0.303 e. The third-order valence-corrected chi connectivity index (χ3v) is 2.64. The van der Waals surface area contributed by atoms with Gasteiger partial charge in [-0.1, -0.05) is 12.1 Å². The SMILES string of the molecule is O=C(O)CC1CC1c1cccc(F)c1. The lowest BCUT2D eigenvalue weighted by Crippen LogP contribution is -1.96. The molecule has 2 rings (SSSR count). The van der Waals surface area contributed by atoms with Crippen LogP contribution in [0, 0.1) is 11.7 Å². The summed E-state index contributed by atoms with van der Waals surface area (Å²) in [7, 11) is 0. The Hall–Kier alpha value is -1.38. The summed E-state index contributed by atoms with van der Waals surface area (Å²) in [6.45, 7) is 0. The molecule has 2 nitrogen and oxygen atoms in total. The van der Waals surface area contributed by atoms with Crippen LogP contribution in [0.2, 0.25) is 0 Å². The first-order chi connectivity index (χ1) is 6.66. The number of carboxylic acids is 1. The molecule has 1 aliphatic carbocycles. The van der Waals surface area contributed by atoms with Gasteiger partial charge in [-0.2, -0.15) is 0 Å². The van der Waals surface area contributed by atoms with Gasteiger partial charge in [-0.25, -0.2) is 4.39 Å². The Bertz CT molecular complexity index is 362. The van der Waals surface area contributed by atoms with Crippen molar-refractivity contribution in [3.05, 3.63) is 35.6 Å². The highest BCUT2D eigenvalue weighted by Gasteiger charge is 2.39. The van der Waals surface area contributed by atoms with E-state index in [0.717, 1.165) is 12.0 Å². The van der Waals surface area contributed by atoms with Gasteiger partial charge < -0.3 is 5.11 Å². The summed E-state index contributed by atoms with van der Waals surface area (Å²) < 4.78 is 12.8. The highest BCUT2D eigenvalue weighted by Crippen LogP contribution is 2.49. The summed E-state index contributed by atoms with van der Waals surface area (Å²) in [6.07, 6.45) is 1.07. The summed E-state index contributed by atoms with van der Waals surface area (Å²) in [5.41, 5.74) is 0.927. The van der Waals surface area contributed by atoms with Gasteiger partial charge in [0, 0.05) is 6.42 Å². The molecule has 0 radical (unpaired) electrons. The molecule has 0 spiro atoms. The second-order valence-electron chi connectivity index (χ2n) is 3.76. The van der Waals surface area contributed by atoms with Crippen LogP contribution in [0.4, 0.5) is 4.39 Å². The Kier molecular flexibility index (Phi) is 2.23. The van der Waals surface area contributed by atoms with Crippen LogP contribution in [-0.4, -0.2) is 11.1 Å². The number of hydrogen-bond donors (Lipinski definition) is 1. The van der Waals surface area contributed by atoms with Crippen LogP contribution in [0.25, 0.3) is 0 Å². The molecular weight excluding hydrogens is 183 g/mol. The zero-order valence-corrected chi connectivity index (χ0v) is 7.61. The molecule has 0 bridgehead atoms. The average molecular weight is 194 g/mol. The molecule has 74 valence electrons. The first kappa shape index (κ1) is 9.19. The Morgan fingerprint density at radius 1 is 1.57 bits per heavy atom. The van der Waals surface area contributed by atoms with Crippen LogP contribution in [0.1, 0.15) is 24.3 Å². The van der Waals surface area contributed by atoms with Crippen molar-refractivity contribution in [3.63, 3.8) is 0 Å². The molecule has 2 atom stereocenters. The summed E-state index contributed by atoms with van der Waals surface area (Å²) >= 11 is 0. The van der Waals surface area contributed by atoms with Crippen molar-refractivity contribution in [2.24, 2.45) is 5.92 Å². The van der Waals surface area contributed by atoms with Crippen molar-refractivity contribution < 1.29 is 14.3 Å². The summed E-state index contributed by atoms with van der Waals surface area (Å²) in [5.74, 6) is -0.562. The van der Waals surface area contributed by atoms with Gasteiger partial charge >= 0.3 is 5.97 Å². The molecule has 0 saturated heterocycles. The van der Waals surface area contributed by atoms with Crippen LogP contribution in [0.15, 0.2) is 24.3 Å². The first-order valence-electron chi connectivity index (χ1n) is 4.64. The molecule has 3 heteroatoms.